The average molecular weight is 247 g/mol. The van der Waals surface area contributed by atoms with Crippen LogP contribution in [0.3, 0.4) is 0 Å². The zero-order chi connectivity index (χ0) is 13.2. The Morgan fingerprint density at radius 3 is 2.28 bits per heavy atom. The van der Waals surface area contributed by atoms with Gasteiger partial charge in [-0.2, -0.15) is 0 Å². The maximum Gasteiger partial charge on any atom is 0.0916 e. The fourth-order valence-corrected chi connectivity index (χ4v) is 2.48. The third-order valence-electron chi connectivity index (χ3n) is 4.10. The first kappa shape index (κ1) is 13.6. The van der Waals surface area contributed by atoms with Crippen molar-refractivity contribution >= 4 is 0 Å². The normalized spacial score (nSPS) is 21.8. The number of aryl methyl sites for hydroxylation is 1. The van der Waals surface area contributed by atoms with Crippen LogP contribution in [0.2, 0.25) is 0 Å². The molecule has 2 nitrogen and oxygen atoms in total. The van der Waals surface area contributed by atoms with Crippen LogP contribution in [0.4, 0.5) is 0 Å². The summed E-state index contributed by atoms with van der Waals surface area (Å²) in [6.45, 7) is 9.72. The Morgan fingerprint density at radius 1 is 1.17 bits per heavy atom. The number of hydrogen-bond acceptors (Lipinski definition) is 2. The molecule has 1 aliphatic rings. The highest BCUT2D eigenvalue weighted by atomic mass is 16.3. The van der Waals surface area contributed by atoms with E-state index in [0.29, 0.717) is 5.41 Å². The van der Waals surface area contributed by atoms with E-state index in [1.807, 2.05) is 12.1 Å². The number of likely N-dealkylation sites (tertiary alicyclic amines) is 1. The lowest BCUT2D eigenvalue weighted by Gasteiger charge is -2.37. The molecular weight excluding hydrogens is 222 g/mol. The molecule has 18 heavy (non-hydrogen) atoms. The molecule has 2 rings (SSSR count). The number of aliphatic hydroxyl groups is 1. The standard InChI is InChI=1S/C16H25NO/c1-13-4-6-14(7-5-13)15(18)12-17-10-8-16(2,3)9-11-17/h4-7,15,18H,8-12H2,1-3H3. The van der Waals surface area contributed by atoms with Crippen LogP contribution in [0.25, 0.3) is 0 Å². The van der Waals surface area contributed by atoms with Gasteiger partial charge in [-0.15, -0.1) is 0 Å². The predicted molar refractivity (Wildman–Crippen MR) is 75.6 cm³/mol. The summed E-state index contributed by atoms with van der Waals surface area (Å²) in [7, 11) is 0. The number of aliphatic hydroxyl groups excluding tert-OH is 1. The molecule has 1 atom stereocenters. The quantitative estimate of drug-likeness (QED) is 0.887. The summed E-state index contributed by atoms with van der Waals surface area (Å²) in [5.74, 6) is 0. The number of nitrogens with zero attached hydrogens (tertiary/aromatic N) is 1. The molecule has 1 aromatic rings. The van der Waals surface area contributed by atoms with Gasteiger partial charge in [-0.05, 0) is 43.8 Å². The van der Waals surface area contributed by atoms with Crippen molar-refractivity contribution in [2.24, 2.45) is 5.41 Å². The summed E-state index contributed by atoms with van der Waals surface area (Å²) in [6.07, 6.45) is 2.10. The Bertz CT molecular complexity index is 373. The number of β-amino-alcohol motifs (C(OH)–C–C–N with tert-alkyl or cyclic N) is 1. The van der Waals surface area contributed by atoms with Crippen molar-refractivity contribution in [3.63, 3.8) is 0 Å². The van der Waals surface area contributed by atoms with E-state index < -0.39 is 0 Å². The highest BCUT2D eigenvalue weighted by Gasteiger charge is 2.26. The molecule has 0 aromatic heterocycles. The van der Waals surface area contributed by atoms with E-state index in [0.717, 1.165) is 25.2 Å². The van der Waals surface area contributed by atoms with Gasteiger partial charge in [0, 0.05) is 6.54 Å². The van der Waals surface area contributed by atoms with Crippen molar-refractivity contribution in [1.29, 1.82) is 0 Å². The Balaban J connectivity index is 1.88. The number of benzene rings is 1. The summed E-state index contributed by atoms with van der Waals surface area (Å²) in [5.41, 5.74) is 2.75. The molecule has 0 radical (unpaired) electrons. The molecule has 1 aliphatic heterocycles. The molecule has 0 amide bonds. The van der Waals surface area contributed by atoms with Crippen LogP contribution in [0.1, 0.15) is 43.9 Å². The van der Waals surface area contributed by atoms with Crippen molar-refractivity contribution in [3.8, 4) is 0 Å². The Hall–Kier alpha value is -0.860. The lowest BCUT2D eigenvalue weighted by molar-refractivity contribution is 0.0703. The smallest absolute Gasteiger partial charge is 0.0916 e. The third-order valence-corrected chi connectivity index (χ3v) is 4.10. The van der Waals surface area contributed by atoms with Crippen molar-refractivity contribution in [2.45, 2.75) is 39.7 Å². The van der Waals surface area contributed by atoms with Gasteiger partial charge in [0.05, 0.1) is 6.10 Å². The SMILES string of the molecule is Cc1ccc(C(O)CN2CCC(C)(C)CC2)cc1. The molecule has 100 valence electrons. The molecule has 1 saturated heterocycles. The number of hydrogen-bond donors (Lipinski definition) is 1. The fraction of sp³-hybridized carbons (Fsp3) is 0.625. The average Bonchev–Trinajstić information content (AvgIpc) is 2.33. The summed E-state index contributed by atoms with van der Waals surface area (Å²) in [4.78, 5) is 2.38. The van der Waals surface area contributed by atoms with Gasteiger partial charge >= 0.3 is 0 Å². The van der Waals surface area contributed by atoms with Crippen LogP contribution >= 0.6 is 0 Å². The number of piperidine rings is 1. The predicted octanol–water partition coefficient (Wildman–Crippen LogP) is 3.15. The second kappa shape index (κ2) is 5.41. The lowest BCUT2D eigenvalue weighted by atomic mass is 9.82. The maximum atomic E-state index is 10.3. The Labute approximate surface area is 111 Å². The second-order valence-electron chi connectivity index (χ2n) is 6.39. The van der Waals surface area contributed by atoms with Crippen LogP contribution in [0.15, 0.2) is 24.3 Å². The summed E-state index contributed by atoms with van der Waals surface area (Å²) in [5, 5.41) is 10.3. The highest BCUT2D eigenvalue weighted by Crippen LogP contribution is 2.30. The minimum atomic E-state index is -0.355. The maximum absolute atomic E-state index is 10.3. The molecule has 1 N–H and O–H groups in total. The minimum absolute atomic E-state index is 0.355. The Morgan fingerprint density at radius 2 is 1.72 bits per heavy atom. The van der Waals surface area contributed by atoms with Gasteiger partial charge in [-0.25, -0.2) is 0 Å². The van der Waals surface area contributed by atoms with E-state index in [2.05, 4.69) is 37.8 Å². The van der Waals surface area contributed by atoms with Crippen LogP contribution in [0.5, 0.6) is 0 Å². The van der Waals surface area contributed by atoms with Crippen molar-refractivity contribution in [3.05, 3.63) is 35.4 Å². The van der Waals surface area contributed by atoms with Crippen molar-refractivity contribution < 1.29 is 5.11 Å². The molecule has 0 bridgehead atoms. The first-order valence-electron chi connectivity index (χ1n) is 6.93. The van der Waals surface area contributed by atoms with Crippen LogP contribution in [-0.4, -0.2) is 29.6 Å². The molecule has 0 saturated carbocycles. The molecule has 2 heteroatoms. The molecule has 0 spiro atoms. The van der Waals surface area contributed by atoms with E-state index in [9.17, 15) is 5.11 Å². The molecular formula is C16H25NO. The van der Waals surface area contributed by atoms with Gasteiger partial charge in [0.15, 0.2) is 0 Å². The topological polar surface area (TPSA) is 23.5 Å². The highest BCUT2D eigenvalue weighted by molar-refractivity contribution is 5.23. The van der Waals surface area contributed by atoms with Gasteiger partial charge in [-0.1, -0.05) is 43.7 Å². The molecule has 1 fully saturated rings. The van der Waals surface area contributed by atoms with Crippen molar-refractivity contribution in [2.75, 3.05) is 19.6 Å². The molecule has 1 aromatic carbocycles. The van der Waals surface area contributed by atoms with E-state index in [4.69, 9.17) is 0 Å². The van der Waals surface area contributed by atoms with E-state index in [-0.39, 0.29) is 6.10 Å². The zero-order valence-electron chi connectivity index (χ0n) is 11.8. The largest absolute Gasteiger partial charge is 0.387 e. The van der Waals surface area contributed by atoms with Gasteiger partial charge in [0.1, 0.15) is 0 Å². The molecule has 0 aliphatic carbocycles. The number of rotatable bonds is 3. The molecule has 1 heterocycles. The van der Waals surface area contributed by atoms with E-state index in [1.54, 1.807) is 0 Å². The van der Waals surface area contributed by atoms with Crippen molar-refractivity contribution in [1.82, 2.24) is 4.90 Å². The van der Waals surface area contributed by atoms with Gasteiger partial charge in [0.2, 0.25) is 0 Å². The first-order valence-corrected chi connectivity index (χ1v) is 6.93. The van der Waals surface area contributed by atoms with Gasteiger partial charge < -0.3 is 10.0 Å². The fourth-order valence-electron chi connectivity index (χ4n) is 2.48. The van der Waals surface area contributed by atoms with E-state index in [1.165, 1.54) is 18.4 Å². The second-order valence-corrected chi connectivity index (χ2v) is 6.39. The monoisotopic (exact) mass is 247 g/mol. The van der Waals surface area contributed by atoms with Gasteiger partial charge in [0.25, 0.3) is 0 Å². The van der Waals surface area contributed by atoms with Crippen LogP contribution in [-0.2, 0) is 0 Å². The van der Waals surface area contributed by atoms with Crippen LogP contribution < -0.4 is 0 Å². The van der Waals surface area contributed by atoms with E-state index >= 15 is 0 Å². The minimum Gasteiger partial charge on any atom is -0.387 e. The lowest BCUT2D eigenvalue weighted by Crippen LogP contribution is -2.39. The third kappa shape index (κ3) is 3.56. The van der Waals surface area contributed by atoms with Gasteiger partial charge in [-0.3, -0.25) is 0 Å². The molecule has 1 unspecified atom stereocenters. The summed E-state index contributed by atoms with van der Waals surface area (Å²) >= 11 is 0. The summed E-state index contributed by atoms with van der Waals surface area (Å²) < 4.78 is 0. The zero-order valence-corrected chi connectivity index (χ0v) is 11.8. The Kier molecular flexibility index (Phi) is 4.08. The first-order chi connectivity index (χ1) is 8.46. The summed E-state index contributed by atoms with van der Waals surface area (Å²) in [6, 6.07) is 8.21. The van der Waals surface area contributed by atoms with Crippen LogP contribution in [0, 0.1) is 12.3 Å².